The Balaban J connectivity index is 0.000000688. The van der Waals surface area contributed by atoms with Gasteiger partial charge in [-0.1, -0.05) is 18.2 Å². The van der Waals surface area contributed by atoms with Gasteiger partial charge in [0.25, 0.3) is 0 Å². The Morgan fingerprint density at radius 1 is 1.00 bits per heavy atom. The van der Waals surface area contributed by atoms with Crippen molar-refractivity contribution >= 4 is 11.9 Å². The lowest BCUT2D eigenvalue weighted by atomic mass is 10.1. The van der Waals surface area contributed by atoms with Gasteiger partial charge in [0.05, 0.1) is 13.2 Å². The van der Waals surface area contributed by atoms with Crippen molar-refractivity contribution in [3.05, 3.63) is 29.3 Å². The molecule has 1 aromatic rings. The fourth-order valence-corrected chi connectivity index (χ4v) is 1.58. The first kappa shape index (κ1) is 20.9. The predicted molar refractivity (Wildman–Crippen MR) is 86.1 cm³/mol. The second-order valence-corrected chi connectivity index (χ2v) is 5.10. The van der Waals surface area contributed by atoms with E-state index in [4.69, 9.17) is 29.3 Å². The summed E-state index contributed by atoms with van der Waals surface area (Å²) in [6.45, 7) is 7.08. The summed E-state index contributed by atoms with van der Waals surface area (Å²) in [5.74, 6) is -2.66. The van der Waals surface area contributed by atoms with Gasteiger partial charge in [-0.2, -0.15) is 0 Å². The number of aryl methyl sites for hydroxylation is 2. The van der Waals surface area contributed by atoms with Crippen molar-refractivity contribution in [2.75, 3.05) is 40.5 Å². The molecule has 0 aliphatic rings. The largest absolute Gasteiger partial charge is 0.491 e. The van der Waals surface area contributed by atoms with Gasteiger partial charge in [-0.25, -0.2) is 9.59 Å². The highest BCUT2D eigenvalue weighted by Crippen LogP contribution is 2.21. The highest BCUT2D eigenvalue weighted by atomic mass is 16.5. The Labute approximate surface area is 136 Å². The third-order valence-electron chi connectivity index (χ3n) is 2.75. The molecule has 130 valence electrons. The van der Waals surface area contributed by atoms with Crippen molar-refractivity contribution in [1.29, 1.82) is 0 Å². The summed E-state index contributed by atoms with van der Waals surface area (Å²) in [4.78, 5) is 20.3. The number of carbonyl (C=O) groups is 2. The van der Waals surface area contributed by atoms with Gasteiger partial charge in [-0.15, -0.1) is 0 Å². The Morgan fingerprint density at radius 3 is 1.96 bits per heavy atom. The quantitative estimate of drug-likeness (QED) is 0.577. The molecule has 1 aromatic carbocycles. The van der Waals surface area contributed by atoms with Crippen LogP contribution in [0.1, 0.15) is 11.1 Å². The summed E-state index contributed by atoms with van der Waals surface area (Å²) in [5.41, 5.74) is 2.36. The third kappa shape index (κ3) is 10.3. The second kappa shape index (κ2) is 11.4. The summed E-state index contributed by atoms with van der Waals surface area (Å²) in [7, 11) is 4.08. The first-order valence-corrected chi connectivity index (χ1v) is 7.13. The fraction of sp³-hybridized carbons (Fsp3) is 0.500. The highest BCUT2D eigenvalue weighted by molar-refractivity contribution is 6.27. The Bertz CT molecular complexity index is 469. The summed E-state index contributed by atoms with van der Waals surface area (Å²) in [5, 5.41) is 14.8. The Kier molecular flexibility index (Phi) is 10.4. The zero-order valence-electron chi connectivity index (χ0n) is 14.0. The molecular formula is C16H25NO6. The number of carboxylic acid groups (broad SMARTS) is 2. The number of hydrogen-bond acceptors (Lipinski definition) is 5. The molecule has 0 aromatic heterocycles. The molecule has 0 radical (unpaired) electrons. The van der Waals surface area contributed by atoms with Gasteiger partial charge in [0, 0.05) is 6.54 Å². The normalized spacial score (nSPS) is 9.96. The molecule has 1 rings (SSSR count). The molecule has 0 bridgehead atoms. The molecule has 23 heavy (non-hydrogen) atoms. The van der Waals surface area contributed by atoms with Crippen LogP contribution in [-0.2, 0) is 14.3 Å². The predicted octanol–water partition coefficient (Wildman–Crippen LogP) is 1.42. The van der Waals surface area contributed by atoms with Crippen LogP contribution in [0.15, 0.2) is 18.2 Å². The van der Waals surface area contributed by atoms with Gasteiger partial charge in [0.1, 0.15) is 12.4 Å². The molecule has 0 spiro atoms. The molecule has 0 saturated heterocycles. The van der Waals surface area contributed by atoms with Crippen molar-refractivity contribution in [2.45, 2.75) is 13.8 Å². The molecule has 2 N–H and O–H groups in total. The maximum absolute atomic E-state index is 9.10. The SMILES string of the molecule is Cc1cccc(C)c1OCCOCCN(C)C.O=C(O)C(=O)O. The average molecular weight is 327 g/mol. The first-order chi connectivity index (χ1) is 10.8. The first-order valence-electron chi connectivity index (χ1n) is 7.13. The van der Waals surface area contributed by atoms with Crippen LogP contribution < -0.4 is 4.74 Å². The van der Waals surface area contributed by atoms with Crippen LogP contribution in [0.4, 0.5) is 0 Å². The van der Waals surface area contributed by atoms with Crippen LogP contribution in [0, 0.1) is 13.8 Å². The lowest BCUT2D eigenvalue weighted by Gasteiger charge is -2.13. The molecule has 7 heteroatoms. The number of likely N-dealkylation sites (N-methyl/N-ethyl adjacent to an activating group) is 1. The monoisotopic (exact) mass is 327 g/mol. The number of rotatable bonds is 7. The Hall–Kier alpha value is -2.12. The van der Waals surface area contributed by atoms with E-state index in [0.29, 0.717) is 13.2 Å². The summed E-state index contributed by atoms with van der Waals surface area (Å²) in [6.07, 6.45) is 0. The number of para-hydroxylation sites is 1. The molecular weight excluding hydrogens is 302 g/mol. The van der Waals surface area contributed by atoms with E-state index in [2.05, 4.69) is 30.9 Å². The van der Waals surface area contributed by atoms with Crippen molar-refractivity contribution < 1.29 is 29.3 Å². The summed E-state index contributed by atoms with van der Waals surface area (Å²) >= 11 is 0. The number of aliphatic carboxylic acids is 2. The van der Waals surface area contributed by atoms with Gasteiger partial charge < -0.3 is 24.6 Å². The third-order valence-corrected chi connectivity index (χ3v) is 2.75. The van der Waals surface area contributed by atoms with E-state index in [1.165, 1.54) is 11.1 Å². The van der Waals surface area contributed by atoms with Gasteiger partial charge in [-0.05, 0) is 39.1 Å². The van der Waals surface area contributed by atoms with Crippen LogP contribution >= 0.6 is 0 Å². The fourth-order valence-electron chi connectivity index (χ4n) is 1.58. The maximum Gasteiger partial charge on any atom is 0.414 e. The molecule has 0 atom stereocenters. The minimum Gasteiger partial charge on any atom is -0.491 e. The molecule has 0 aliphatic carbocycles. The molecule has 0 aliphatic heterocycles. The van der Waals surface area contributed by atoms with Crippen LogP contribution in [0.2, 0.25) is 0 Å². The van der Waals surface area contributed by atoms with Crippen molar-refractivity contribution in [3.63, 3.8) is 0 Å². The van der Waals surface area contributed by atoms with E-state index >= 15 is 0 Å². The van der Waals surface area contributed by atoms with Gasteiger partial charge in [0.15, 0.2) is 0 Å². The van der Waals surface area contributed by atoms with Gasteiger partial charge in [0.2, 0.25) is 0 Å². The lowest BCUT2D eigenvalue weighted by Crippen LogP contribution is -2.19. The van der Waals surface area contributed by atoms with Crippen molar-refractivity contribution in [1.82, 2.24) is 4.90 Å². The zero-order chi connectivity index (χ0) is 17.8. The van der Waals surface area contributed by atoms with Crippen LogP contribution in [0.3, 0.4) is 0 Å². The zero-order valence-corrected chi connectivity index (χ0v) is 14.0. The summed E-state index contributed by atoms with van der Waals surface area (Å²) < 4.78 is 11.2. The van der Waals surface area contributed by atoms with E-state index in [1.54, 1.807) is 0 Å². The number of carboxylic acids is 2. The van der Waals surface area contributed by atoms with E-state index in [-0.39, 0.29) is 0 Å². The number of benzene rings is 1. The minimum absolute atomic E-state index is 0.610. The van der Waals surface area contributed by atoms with Gasteiger partial charge >= 0.3 is 11.9 Å². The molecule has 0 saturated carbocycles. The topological polar surface area (TPSA) is 96.3 Å². The standard InChI is InChI=1S/C14H23NO2.C2H2O4/c1-12-6-5-7-13(2)14(12)17-11-10-16-9-8-15(3)4;3-1(4)2(5)6/h5-7H,8-11H2,1-4H3;(H,3,4)(H,5,6). The van der Waals surface area contributed by atoms with Gasteiger partial charge in [-0.3, -0.25) is 0 Å². The number of hydrogen-bond donors (Lipinski definition) is 2. The minimum atomic E-state index is -1.82. The molecule has 0 unspecified atom stereocenters. The van der Waals surface area contributed by atoms with Crippen molar-refractivity contribution in [3.8, 4) is 5.75 Å². The van der Waals surface area contributed by atoms with Crippen LogP contribution in [0.5, 0.6) is 5.75 Å². The smallest absolute Gasteiger partial charge is 0.414 e. The molecule has 7 nitrogen and oxygen atoms in total. The van der Waals surface area contributed by atoms with Crippen LogP contribution in [-0.4, -0.2) is 67.5 Å². The van der Waals surface area contributed by atoms with E-state index < -0.39 is 11.9 Å². The molecule has 0 heterocycles. The second-order valence-electron chi connectivity index (χ2n) is 5.10. The molecule has 0 amide bonds. The average Bonchev–Trinajstić information content (AvgIpc) is 2.45. The Morgan fingerprint density at radius 2 is 1.52 bits per heavy atom. The number of ether oxygens (including phenoxy) is 2. The maximum atomic E-state index is 9.10. The number of nitrogens with zero attached hydrogens (tertiary/aromatic N) is 1. The van der Waals surface area contributed by atoms with Crippen LogP contribution in [0.25, 0.3) is 0 Å². The van der Waals surface area contributed by atoms with E-state index in [9.17, 15) is 0 Å². The van der Waals surface area contributed by atoms with E-state index in [1.807, 2.05) is 20.2 Å². The lowest BCUT2D eigenvalue weighted by molar-refractivity contribution is -0.159. The summed E-state index contributed by atoms with van der Waals surface area (Å²) in [6, 6.07) is 6.18. The molecule has 0 fully saturated rings. The van der Waals surface area contributed by atoms with Crippen molar-refractivity contribution in [2.24, 2.45) is 0 Å². The van der Waals surface area contributed by atoms with E-state index in [0.717, 1.165) is 18.9 Å². The highest BCUT2D eigenvalue weighted by Gasteiger charge is 2.04.